The van der Waals surface area contributed by atoms with Gasteiger partial charge in [0.1, 0.15) is 0 Å². The summed E-state index contributed by atoms with van der Waals surface area (Å²) in [5, 5.41) is 5.80. The zero-order valence-electron chi connectivity index (χ0n) is 11.8. The van der Waals surface area contributed by atoms with E-state index in [2.05, 4.69) is 10.6 Å². The van der Waals surface area contributed by atoms with Crippen molar-refractivity contribution in [2.45, 2.75) is 44.4 Å². The van der Waals surface area contributed by atoms with Crippen molar-refractivity contribution in [1.82, 2.24) is 10.6 Å². The summed E-state index contributed by atoms with van der Waals surface area (Å²) in [6, 6.07) is 4.49. The lowest BCUT2D eigenvalue weighted by Crippen LogP contribution is -2.44. The molecule has 2 unspecified atom stereocenters. The van der Waals surface area contributed by atoms with E-state index in [-0.39, 0.29) is 11.5 Å². The van der Waals surface area contributed by atoms with E-state index >= 15 is 0 Å². The normalized spacial score (nSPS) is 21.5. The number of hydrogen-bond acceptors (Lipinski definition) is 2. The van der Waals surface area contributed by atoms with Gasteiger partial charge in [-0.15, -0.1) is 0 Å². The first kappa shape index (κ1) is 15.8. The molecule has 2 N–H and O–H groups in total. The van der Waals surface area contributed by atoms with Gasteiger partial charge in [-0.1, -0.05) is 18.2 Å². The van der Waals surface area contributed by atoms with Crippen molar-refractivity contribution >= 4 is 5.91 Å². The summed E-state index contributed by atoms with van der Waals surface area (Å²) >= 11 is 0. The molecule has 1 aromatic carbocycles. The minimum Gasteiger partial charge on any atom is -0.355 e. The predicted molar refractivity (Wildman–Crippen MR) is 73.6 cm³/mol. The van der Waals surface area contributed by atoms with Crippen LogP contribution in [0.5, 0.6) is 0 Å². The molecule has 1 amide bonds. The van der Waals surface area contributed by atoms with Crippen molar-refractivity contribution in [3.63, 3.8) is 0 Å². The number of carbonyl (C=O) groups excluding carboxylic acids is 1. The van der Waals surface area contributed by atoms with Gasteiger partial charge in [-0.3, -0.25) is 10.1 Å². The summed E-state index contributed by atoms with van der Waals surface area (Å²) in [5.41, 5.74) is -0.485. The van der Waals surface area contributed by atoms with Gasteiger partial charge in [0.05, 0.1) is 11.6 Å². The molecular formula is C15H19F3N2O. The van der Waals surface area contributed by atoms with E-state index in [0.29, 0.717) is 13.0 Å². The van der Waals surface area contributed by atoms with Crippen LogP contribution < -0.4 is 10.6 Å². The monoisotopic (exact) mass is 300 g/mol. The molecule has 3 nitrogen and oxygen atoms in total. The van der Waals surface area contributed by atoms with Crippen molar-refractivity contribution < 1.29 is 18.0 Å². The van der Waals surface area contributed by atoms with E-state index in [9.17, 15) is 18.0 Å². The van der Waals surface area contributed by atoms with Crippen LogP contribution in [0.15, 0.2) is 24.3 Å². The molecule has 1 aromatic rings. The Morgan fingerprint density at radius 3 is 2.71 bits per heavy atom. The van der Waals surface area contributed by atoms with Crippen LogP contribution in [0.3, 0.4) is 0 Å². The maximum absolute atomic E-state index is 13.0. The van der Waals surface area contributed by atoms with Crippen LogP contribution in [0.1, 0.15) is 43.4 Å². The molecule has 1 heterocycles. The Bertz CT molecular complexity index is 502. The minimum atomic E-state index is -4.39. The average Bonchev–Trinajstić information content (AvgIpc) is 2.63. The molecular weight excluding hydrogens is 281 g/mol. The number of benzene rings is 1. The number of amides is 1. The fourth-order valence-electron chi connectivity index (χ4n) is 2.62. The lowest BCUT2D eigenvalue weighted by Gasteiger charge is -2.24. The molecule has 2 atom stereocenters. The second kappa shape index (κ2) is 6.47. The highest BCUT2D eigenvalue weighted by molar-refractivity contribution is 5.81. The third-order valence-electron chi connectivity index (χ3n) is 3.72. The average molecular weight is 300 g/mol. The van der Waals surface area contributed by atoms with Gasteiger partial charge in [-0.05, 0) is 37.8 Å². The highest BCUT2D eigenvalue weighted by Gasteiger charge is 2.34. The molecule has 116 valence electrons. The molecule has 0 spiro atoms. The van der Waals surface area contributed by atoms with Crippen molar-refractivity contribution in [2.24, 2.45) is 0 Å². The number of carbonyl (C=O) groups is 1. The van der Waals surface area contributed by atoms with Gasteiger partial charge < -0.3 is 5.32 Å². The minimum absolute atomic E-state index is 0.135. The summed E-state index contributed by atoms with van der Waals surface area (Å²) in [6.07, 6.45) is -1.97. The van der Waals surface area contributed by atoms with E-state index in [0.717, 1.165) is 18.9 Å². The molecule has 0 aliphatic carbocycles. The molecule has 1 aliphatic rings. The van der Waals surface area contributed by atoms with E-state index in [1.807, 2.05) is 0 Å². The lowest BCUT2D eigenvalue weighted by atomic mass is 9.99. The van der Waals surface area contributed by atoms with Gasteiger partial charge in [0, 0.05) is 12.6 Å². The summed E-state index contributed by atoms with van der Waals surface area (Å²) in [6.45, 7) is 2.28. The molecule has 1 aliphatic heterocycles. The van der Waals surface area contributed by atoms with Crippen LogP contribution in [-0.4, -0.2) is 18.5 Å². The smallest absolute Gasteiger partial charge is 0.355 e. The fourth-order valence-corrected chi connectivity index (χ4v) is 2.62. The fraction of sp³-hybridized carbons (Fsp3) is 0.533. The van der Waals surface area contributed by atoms with Crippen LogP contribution >= 0.6 is 0 Å². The quantitative estimate of drug-likeness (QED) is 0.901. The van der Waals surface area contributed by atoms with E-state index in [1.165, 1.54) is 12.1 Å². The van der Waals surface area contributed by atoms with Crippen molar-refractivity contribution in [2.75, 3.05) is 6.54 Å². The number of hydrogen-bond donors (Lipinski definition) is 2. The molecule has 6 heteroatoms. The van der Waals surface area contributed by atoms with Crippen LogP contribution in [-0.2, 0) is 11.0 Å². The van der Waals surface area contributed by atoms with Gasteiger partial charge in [0.25, 0.3) is 0 Å². The first-order chi connectivity index (χ1) is 9.89. The molecule has 0 radical (unpaired) electrons. The Balaban J connectivity index is 2.16. The summed E-state index contributed by atoms with van der Waals surface area (Å²) < 4.78 is 39.1. The topological polar surface area (TPSA) is 41.1 Å². The highest BCUT2D eigenvalue weighted by atomic mass is 19.4. The van der Waals surface area contributed by atoms with Gasteiger partial charge >= 0.3 is 6.18 Å². The summed E-state index contributed by atoms with van der Waals surface area (Å²) in [4.78, 5) is 11.9. The molecule has 1 fully saturated rings. The van der Waals surface area contributed by atoms with Crippen LogP contribution in [0.25, 0.3) is 0 Å². The Kier molecular flexibility index (Phi) is 4.88. The molecule has 21 heavy (non-hydrogen) atoms. The molecule has 2 rings (SSSR count). The summed E-state index contributed by atoms with van der Waals surface area (Å²) in [7, 11) is 0. The molecule has 0 aromatic heterocycles. The van der Waals surface area contributed by atoms with Crippen LogP contribution in [0, 0.1) is 0 Å². The number of nitrogens with one attached hydrogen (secondary N) is 2. The van der Waals surface area contributed by atoms with E-state index in [1.54, 1.807) is 13.0 Å². The number of halogens is 3. The van der Waals surface area contributed by atoms with Gasteiger partial charge in [0.15, 0.2) is 0 Å². The van der Waals surface area contributed by atoms with Gasteiger partial charge in [-0.25, -0.2) is 0 Å². The maximum atomic E-state index is 13.0. The zero-order chi connectivity index (χ0) is 15.5. The number of alkyl halides is 3. The zero-order valence-corrected chi connectivity index (χ0v) is 11.8. The highest BCUT2D eigenvalue weighted by Crippen LogP contribution is 2.34. The first-order valence-electron chi connectivity index (χ1n) is 7.09. The third kappa shape index (κ3) is 3.97. The largest absolute Gasteiger partial charge is 0.416 e. The number of rotatable bonds is 3. The Morgan fingerprint density at radius 2 is 2.00 bits per heavy atom. The summed E-state index contributed by atoms with van der Waals surface area (Å²) in [5.74, 6) is -0.135. The van der Waals surface area contributed by atoms with Crippen molar-refractivity contribution in [3.8, 4) is 0 Å². The lowest BCUT2D eigenvalue weighted by molar-refractivity contribution is -0.138. The van der Waals surface area contributed by atoms with Crippen LogP contribution in [0.2, 0.25) is 0 Å². The Morgan fingerprint density at radius 1 is 1.29 bits per heavy atom. The van der Waals surface area contributed by atoms with Gasteiger partial charge in [0.2, 0.25) is 5.91 Å². The van der Waals surface area contributed by atoms with Crippen molar-refractivity contribution in [1.29, 1.82) is 0 Å². The predicted octanol–water partition coefficient (Wildman–Crippen LogP) is 3.02. The van der Waals surface area contributed by atoms with E-state index in [4.69, 9.17) is 0 Å². The van der Waals surface area contributed by atoms with Crippen LogP contribution in [0.4, 0.5) is 13.2 Å². The Labute approximate surface area is 121 Å². The molecule has 0 bridgehead atoms. The first-order valence-corrected chi connectivity index (χ1v) is 7.09. The third-order valence-corrected chi connectivity index (χ3v) is 3.72. The maximum Gasteiger partial charge on any atom is 0.416 e. The van der Waals surface area contributed by atoms with Gasteiger partial charge in [-0.2, -0.15) is 13.2 Å². The molecule has 0 saturated carbocycles. The SMILES string of the molecule is CC(NC1CCCCNC1=O)c1ccccc1C(F)(F)F. The second-order valence-electron chi connectivity index (χ2n) is 5.31. The van der Waals surface area contributed by atoms with Crippen molar-refractivity contribution in [3.05, 3.63) is 35.4 Å². The van der Waals surface area contributed by atoms with E-state index < -0.39 is 23.8 Å². The Hall–Kier alpha value is -1.56. The molecule has 1 saturated heterocycles. The standard InChI is InChI=1S/C15H19F3N2O/c1-10(20-13-8-4-5-9-19-14(13)21)11-6-2-3-7-12(11)15(16,17)18/h2-3,6-7,10,13,20H,4-5,8-9H2,1H3,(H,19,21). The second-order valence-corrected chi connectivity index (χ2v) is 5.31.